The van der Waals surface area contributed by atoms with Gasteiger partial charge in [0.1, 0.15) is 11.7 Å². The second-order valence-corrected chi connectivity index (χ2v) is 10.0. The van der Waals surface area contributed by atoms with Crippen LogP contribution < -0.4 is 5.32 Å². The number of β-lactam (4-membered cyclic amide) rings is 1. The number of carbonyl (C=O) groups excluding carboxylic acids is 2. The monoisotopic (exact) mass is 437 g/mol. The molecule has 164 valence electrons. The van der Waals surface area contributed by atoms with E-state index in [1.54, 1.807) is 11.8 Å². The molecule has 4 heterocycles. The van der Waals surface area contributed by atoms with Gasteiger partial charge in [-0.05, 0) is 13.3 Å². The zero-order valence-corrected chi connectivity index (χ0v) is 18.3. The summed E-state index contributed by atoms with van der Waals surface area (Å²) in [6.07, 6.45) is 2.59. The van der Waals surface area contributed by atoms with Crippen LogP contribution in [0.25, 0.3) is 0 Å². The average molecular weight is 438 g/mol. The van der Waals surface area contributed by atoms with Crippen molar-refractivity contribution in [1.82, 2.24) is 15.1 Å². The Bertz CT molecular complexity index is 841. The summed E-state index contributed by atoms with van der Waals surface area (Å²) < 4.78 is 2.01. The van der Waals surface area contributed by atoms with Crippen molar-refractivity contribution in [2.45, 2.75) is 50.1 Å². The average Bonchev–Trinajstić information content (AvgIpc) is 3.23. The van der Waals surface area contributed by atoms with Gasteiger partial charge in [0.05, 0.1) is 38.2 Å². The van der Waals surface area contributed by atoms with Crippen LogP contribution in [0.4, 0.5) is 0 Å². The zero-order chi connectivity index (χ0) is 21.7. The van der Waals surface area contributed by atoms with Gasteiger partial charge in [-0.2, -0.15) is 0 Å². The molecule has 4 aliphatic heterocycles. The molecule has 0 bridgehead atoms. The Balaban J connectivity index is 1.47. The number of aliphatic carboxylic acids is 1. The van der Waals surface area contributed by atoms with Gasteiger partial charge >= 0.3 is 11.9 Å². The molecule has 2 fully saturated rings. The Kier molecular flexibility index (Phi) is 5.67. The number of nitrogens with one attached hydrogen (secondary N) is 1. The Labute approximate surface area is 179 Å². The Morgan fingerprint density at radius 1 is 1.40 bits per heavy atom. The summed E-state index contributed by atoms with van der Waals surface area (Å²) in [7, 11) is 1.95. The van der Waals surface area contributed by atoms with E-state index in [0.717, 1.165) is 13.0 Å². The third-order valence-corrected chi connectivity index (χ3v) is 8.03. The molecule has 4 rings (SSSR count). The fourth-order valence-electron chi connectivity index (χ4n) is 5.05. The van der Waals surface area contributed by atoms with Crippen LogP contribution in [-0.4, -0.2) is 98.8 Å². The molecule has 0 radical (unpaired) electrons. The normalized spacial score (nSPS) is 34.6. The lowest BCUT2D eigenvalue weighted by atomic mass is 9.79. The van der Waals surface area contributed by atoms with Crippen molar-refractivity contribution < 1.29 is 29.2 Å². The summed E-state index contributed by atoms with van der Waals surface area (Å²) in [5.74, 6) is -2.11. The number of rotatable bonds is 5. The van der Waals surface area contributed by atoms with Crippen LogP contribution in [0.15, 0.2) is 10.6 Å². The minimum absolute atomic E-state index is 0.0418. The van der Waals surface area contributed by atoms with Crippen molar-refractivity contribution in [3.05, 3.63) is 10.6 Å². The van der Waals surface area contributed by atoms with Crippen LogP contribution >= 0.6 is 11.8 Å². The van der Waals surface area contributed by atoms with Gasteiger partial charge in [0.25, 0.3) is 0 Å². The fraction of sp³-hybridized carbons (Fsp3) is 0.700. The fourth-order valence-corrected chi connectivity index (χ4v) is 6.53. The number of fused-ring (bicyclic) bond motifs is 1. The van der Waals surface area contributed by atoms with Crippen LogP contribution in [0, 0.1) is 11.8 Å². The molecule has 0 saturated carbocycles. The third kappa shape index (κ3) is 3.44. The molecule has 9 nitrogen and oxygen atoms in total. The van der Waals surface area contributed by atoms with Crippen LogP contribution in [0.1, 0.15) is 26.7 Å². The maximum Gasteiger partial charge on any atom is 0.353 e. The highest BCUT2D eigenvalue weighted by atomic mass is 32.2. The second-order valence-electron chi connectivity index (χ2n) is 8.69. The van der Waals surface area contributed by atoms with Gasteiger partial charge in [-0.1, -0.05) is 6.92 Å². The molecule has 6 atom stereocenters. The summed E-state index contributed by atoms with van der Waals surface area (Å²) in [6.45, 7) is 5.75. The highest BCUT2D eigenvalue weighted by Crippen LogP contribution is 2.51. The van der Waals surface area contributed by atoms with Crippen LogP contribution in [0.2, 0.25) is 0 Å². The number of carboxylic acid groups (broad SMARTS) is 1. The molecule has 0 spiro atoms. The van der Waals surface area contributed by atoms with E-state index in [2.05, 4.69) is 5.32 Å². The molecule has 4 aliphatic rings. The number of amides is 2. The molecule has 10 heteroatoms. The Morgan fingerprint density at radius 2 is 2.13 bits per heavy atom. The van der Waals surface area contributed by atoms with Gasteiger partial charge < -0.3 is 20.4 Å². The van der Waals surface area contributed by atoms with E-state index in [1.165, 1.54) is 16.7 Å². The molecule has 0 unspecified atom stereocenters. The highest BCUT2D eigenvalue weighted by molar-refractivity contribution is 8.03. The maximum atomic E-state index is 12.9. The number of hydrogen-bond donors (Lipinski definition) is 3. The van der Waals surface area contributed by atoms with Gasteiger partial charge in [0.15, 0.2) is 0 Å². The van der Waals surface area contributed by atoms with E-state index in [4.69, 9.17) is 0 Å². The SMILES string of the molecule is C[C@@H]1C(S[C@@H]2CN[C@H](C(=O)N3C=[N+](C)CCC3)C2)=C(C(=O)O)N2C(=O)[C@H]([C@@H](C)O)[C@@H]12. The van der Waals surface area contributed by atoms with Crippen molar-refractivity contribution in [2.24, 2.45) is 11.8 Å². The lowest BCUT2D eigenvalue weighted by Crippen LogP contribution is -2.63. The molecule has 0 aromatic heterocycles. The molecule has 0 aromatic carbocycles. The highest BCUT2D eigenvalue weighted by Gasteiger charge is 2.60. The maximum absolute atomic E-state index is 12.9. The number of nitrogens with zero attached hydrogens (tertiary/aromatic N) is 3. The van der Waals surface area contributed by atoms with Crippen molar-refractivity contribution in [3.8, 4) is 0 Å². The summed E-state index contributed by atoms with van der Waals surface area (Å²) in [4.78, 5) is 41.0. The van der Waals surface area contributed by atoms with Crippen LogP contribution in [-0.2, 0) is 14.4 Å². The number of thioether (sulfide) groups is 1. The number of hydrogen-bond acceptors (Lipinski definition) is 6. The number of aliphatic hydroxyl groups excluding tert-OH is 1. The van der Waals surface area contributed by atoms with Crippen molar-refractivity contribution in [3.63, 3.8) is 0 Å². The standard InChI is InChI=1S/C20H28N4O5S/c1-10-15-14(11(2)25)19(27)24(15)16(20(28)29)17(10)30-12-7-13(21-8-12)18(26)23-6-4-5-22(3)9-23/h9-15,21,25H,4-8H2,1-3H3/p+1/t10-,11+,12-,13-,14+,15+/m0/s1. The predicted molar refractivity (Wildman–Crippen MR) is 111 cm³/mol. The van der Waals surface area contributed by atoms with Gasteiger partial charge in [-0.3, -0.25) is 9.37 Å². The molecule has 0 aliphatic carbocycles. The molecule has 2 saturated heterocycles. The van der Waals surface area contributed by atoms with Gasteiger partial charge in [0.2, 0.25) is 12.2 Å². The lowest BCUT2D eigenvalue weighted by Gasteiger charge is -2.46. The number of carbonyl (C=O) groups is 3. The molecule has 3 N–H and O–H groups in total. The first-order chi connectivity index (χ1) is 14.2. The van der Waals surface area contributed by atoms with E-state index in [-0.39, 0.29) is 40.8 Å². The number of carboxylic acids is 1. The van der Waals surface area contributed by atoms with Crippen molar-refractivity contribution in [1.29, 1.82) is 0 Å². The van der Waals surface area contributed by atoms with Crippen molar-refractivity contribution >= 4 is 35.9 Å². The largest absolute Gasteiger partial charge is 0.477 e. The molecule has 2 amide bonds. The third-order valence-electron chi connectivity index (χ3n) is 6.52. The van der Waals surface area contributed by atoms with E-state index < -0.39 is 18.0 Å². The molecular weight excluding hydrogens is 408 g/mol. The Hall–Kier alpha value is -1.91. The first kappa shape index (κ1) is 21.3. The van der Waals surface area contributed by atoms with Gasteiger partial charge in [-0.15, -0.1) is 11.8 Å². The summed E-state index contributed by atoms with van der Waals surface area (Å²) >= 11 is 1.46. The molecule has 30 heavy (non-hydrogen) atoms. The van der Waals surface area contributed by atoms with E-state index in [1.807, 2.05) is 24.9 Å². The van der Waals surface area contributed by atoms with Gasteiger partial charge in [0, 0.05) is 29.0 Å². The first-order valence-electron chi connectivity index (χ1n) is 10.4. The minimum Gasteiger partial charge on any atom is -0.477 e. The lowest BCUT2D eigenvalue weighted by molar-refractivity contribution is -0.502. The first-order valence-corrected chi connectivity index (χ1v) is 11.3. The molecule has 0 aromatic rings. The minimum atomic E-state index is -1.12. The quantitative estimate of drug-likeness (QED) is 0.393. The predicted octanol–water partition coefficient (Wildman–Crippen LogP) is -0.493. The summed E-state index contributed by atoms with van der Waals surface area (Å²) in [5, 5.41) is 23.1. The van der Waals surface area contributed by atoms with E-state index >= 15 is 0 Å². The van der Waals surface area contributed by atoms with Crippen LogP contribution in [0.3, 0.4) is 0 Å². The van der Waals surface area contributed by atoms with Crippen LogP contribution in [0.5, 0.6) is 0 Å². The summed E-state index contributed by atoms with van der Waals surface area (Å²) in [6, 6.07) is -0.601. The second kappa shape index (κ2) is 7.97. The summed E-state index contributed by atoms with van der Waals surface area (Å²) in [5.41, 5.74) is 0.0418. The smallest absolute Gasteiger partial charge is 0.353 e. The Morgan fingerprint density at radius 3 is 2.77 bits per heavy atom. The zero-order valence-electron chi connectivity index (χ0n) is 17.4. The van der Waals surface area contributed by atoms with E-state index in [0.29, 0.717) is 24.4 Å². The topological polar surface area (TPSA) is 113 Å². The van der Waals surface area contributed by atoms with Gasteiger partial charge in [-0.25, -0.2) is 14.5 Å². The number of aliphatic hydroxyl groups is 1. The molecular formula is C20H29N4O5S+. The van der Waals surface area contributed by atoms with E-state index in [9.17, 15) is 24.6 Å². The van der Waals surface area contributed by atoms with Crippen molar-refractivity contribution in [2.75, 3.05) is 26.7 Å².